The molecule has 1 aromatic rings. The molecule has 1 saturated heterocycles. The van der Waals surface area contributed by atoms with Gasteiger partial charge in [-0.2, -0.15) is 16.1 Å². The summed E-state index contributed by atoms with van der Waals surface area (Å²) in [4.78, 5) is 0. The molecule has 18 heavy (non-hydrogen) atoms. The minimum atomic E-state index is -3.30. The molecular weight excluding hydrogens is 288 g/mol. The third-order valence-corrected chi connectivity index (χ3v) is 7.55. The van der Waals surface area contributed by atoms with Gasteiger partial charge < -0.3 is 5.32 Å². The molecule has 2 heterocycles. The second-order valence-electron chi connectivity index (χ2n) is 4.34. The van der Waals surface area contributed by atoms with Gasteiger partial charge in [0.05, 0.1) is 0 Å². The average Bonchev–Trinajstić information content (AvgIpc) is 2.79. The van der Waals surface area contributed by atoms with Crippen LogP contribution in [0.3, 0.4) is 0 Å². The van der Waals surface area contributed by atoms with E-state index in [0.29, 0.717) is 17.3 Å². The van der Waals surface area contributed by atoms with Crippen molar-refractivity contribution in [2.45, 2.75) is 23.7 Å². The van der Waals surface area contributed by atoms with Crippen LogP contribution in [0.1, 0.15) is 12.5 Å². The third kappa shape index (κ3) is 2.91. The van der Waals surface area contributed by atoms with E-state index in [1.54, 1.807) is 10.4 Å². The van der Waals surface area contributed by atoms with Crippen molar-refractivity contribution in [3.05, 3.63) is 17.0 Å². The second kappa shape index (κ2) is 5.92. The summed E-state index contributed by atoms with van der Waals surface area (Å²) in [6, 6.07) is 1.87. The lowest BCUT2D eigenvalue weighted by Gasteiger charge is -2.31. The lowest BCUT2D eigenvalue weighted by Crippen LogP contribution is -2.44. The second-order valence-corrected chi connectivity index (χ2v) is 8.52. The SMILES string of the molecule is CNCc1csc(S(=O)(=O)N2CCSCC2C)c1. The fraction of sp³-hybridized carbons (Fsp3) is 0.636. The lowest BCUT2D eigenvalue weighted by atomic mass is 10.3. The van der Waals surface area contributed by atoms with Crippen molar-refractivity contribution in [2.75, 3.05) is 25.1 Å². The van der Waals surface area contributed by atoms with Crippen LogP contribution < -0.4 is 5.32 Å². The zero-order valence-corrected chi connectivity index (χ0v) is 13.0. The van der Waals surface area contributed by atoms with Gasteiger partial charge in [0.25, 0.3) is 10.0 Å². The molecule has 0 bridgehead atoms. The Bertz CT molecular complexity index is 498. The molecule has 1 atom stereocenters. The van der Waals surface area contributed by atoms with Gasteiger partial charge in [0.1, 0.15) is 4.21 Å². The van der Waals surface area contributed by atoms with Crippen LogP contribution in [0.4, 0.5) is 0 Å². The number of nitrogens with zero attached hydrogens (tertiary/aromatic N) is 1. The Kier molecular flexibility index (Phi) is 4.71. The van der Waals surface area contributed by atoms with Crippen molar-refractivity contribution in [3.8, 4) is 0 Å². The fourth-order valence-corrected chi connectivity index (χ4v) is 6.16. The van der Waals surface area contributed by atoms with E-state index in [4.69, 9.17) is 0 Å². The van der Waals surface area contributed by atoms with Crippen LogP contribution in [0, 0.1) is 0 Å². The highest BCUT2D eigenvalue weighted by atomic mass is 32.2. The van der Waals surface area contributed by atoms with Crippen LogP contribution in [0.2, 0.25) is 0 Å². The van der Waals surface area contributed by atoms with Crippen molar-refractivity contribution in [2.24, 2.45) is 0 Å². The number of nitrogens with one attached hydrogen (secondary N) is 1. The van der Waals surface area contributed by atoms with Crippen LogP contribution in [0.25, 0.3) is 0 Å². The number of sulfonamides is 1. The highest BCUT2D eigenvalue weighted by molar-refractivity contribution is 7.99. The van der Waals surface area contributed by atoms with E-state index in [2.05, 4.69) is 5.32 Å². The summed E-state index contributed by atoms with van der Waals surface area (Å²) < 4.78 is 27.1. The Labute approximate surface area is 117 Å². The van der Waals surface area contributed by atoms with E-state index in [0.717, 1.165) is 17.1 Å². The van der Waals surface area contributed by atoms with Crippen LogP contribution in [0.5, 0.6) is 0 Å². The normalized spacial score (nSPS) is 22.2. The summed E-state index contributed by atoms with van der Waals surface area (Å²) in [5.74, 6) is 1.77. The fourth-order valence-electron chi connectivity index (χ4n) is 1.97. The quantitative estimate of drug-likeness (QED) is 0.918. The Morgan fingerprint density at radius 3 is 3.00 bits per heavy atom. The van der Waals surface area contributed by atoms with E-state index in [-0.39, 0.29) is 6.04 Å². The van der Waals surface area contributed by atoms with Gasteiger partial charge in [-0.25, -0.2) is 8.42 Å². The van der Waals surface area contributed by atoms with Crippen molar-refractivity contribution in [3.63, 3.8) is 0 Å². The molecule has 1 aliphatic heterocycles. The first-order valence-corrected chi connectivity index (χ1v) is 9.34. The van der Waals surface area contributed by atoms with Crippen molar-refractivity contribution in [1.82, 2.24) is 9.62 Å². The maximum absolute atomic E-state index is 12.5. The Balaban J connectivity index is 2.23. The molecule has 102 valence electrons. The summed E-state index contributed by atoms with van der Waals surface area (Å²) >= 11 is 3.13. The van der Waals surface area contributed by atoms with Gasteiger partial charge in [0.15, 0.2) is 0 Å². The maximum Gasteiger partial charge on any atom is 0.252 e. The van der Waals surface area contributed by atoms with Crippen LogP contribution in [-0.2, 0) is 16.6 Å². The molecule has 1 aromatic heterocycles. The molecule has 4 nitrogen and oxygen atoms in total. The standard InChI is InChI=1S/C11H18N2O2S3/c1-9-7-16-4-3-13(9)18(14,15)11-5-10(6-12-2)8-17-11/h5,8-9,12H,3-4,6-7H2,1-2H3. The highest BCUT2D eigenvalue weighted by Crippen LogP contribution is 2.28. The number of hydrogen-bond acceptors (Lipinski definition) is 5. The number of hydrogen-bond donors (Lipinski definition) is 1. The van der Waals surface area contributed by atoms with Crippen LogP contribution in [0.15, 0.2) is 15.7 Å². The number of thioether (sulfide) groups is 1. The van der Waals surface area contributed by atoms with Gasteiger partial charge in [-0.05, 0) is 31.0 Å². The molecular formula is C11H18N2O2S3. The Morgan fingerprint density at radius 2 is 2.33 bits per heavy atom. The molecule has 0 saturated carbocycles. The van der Waals surface area contributed by atoms with E-state index in [1.165, 1.54) is 11.3 Å². The summed E-state index contributed by atoms with van der Waals surface area (Å²) in [6.07, 6.45) is 0. The molecule has 1 N–H and O–H groups in total. The molecule has 0 spiro atoms. The Morgan fingerprint density at radius 1 is 1.56 bits per heavy atom. The van der Waals surface area contributed by atoms with E-state index < -0.39 is 10.0 Å². The first-order valence-electron chi connectivity index (χ1n) is 5.87. The largest absolute Gasteiger partial charge is 0.316 e. The molecule has 2 rings (SSSR count). The van der Waals surface area contributed by atoms with Gasteiger partial charge in [-0.3, -0.25) is 0 Å². The van der Waals surface area contributed by atoms with Gasteiger partial charge >= 0.3 is 0 Å². The van der Waals surface area contributed by atoms with Crippen molar-refractivity contribution >= 4 is 33.1 Å². The average molecular weight is 306 g/mol. The predicted molar refractivity (Wildman–Crippen MR) is 77.8 cm³/mol. The van der Waals surface area contributed by atoms with Crippen LogP contribution >= 0.6 is 23.1 Å². The molecule has 0 amide bonds. The number of thiophene rings is 1. The Hall–Kier alpha value is -0.0800. The van der Waals surface area contributed by atoms with E-state index in [1.807, 2.05) is 31.1 Å². The molecule has 7 heteroatoms. The van der Waals surface area contributed by atoms with Crippen molar-refractivity contribution < 1.29 is 8.42 Å². The molecule has 1 fully saturated rings. The van der Waals surface area contributed by atoms with E-state index in [9.17, 15) is 8.42 Å². The summed E-state index contributed by atoms with van der Waals surface area (Å²) in [7, 11) is -1.44. The minimum absolute atomic E-state index is 0.0867. The number of rotatable bonds is 4. The van der Waals surface area contributed by atoms with Gasteiger partial charge in [-0.15, -0.1) is 11.3 Å². The smallest absolute Gasteiger partial charge is 0.252 e. The molecule has 1 unspecified atom stereocenters. The molecule has 0 radical (unpaired) electrons. The maximum atomic E-state index is 12.5. The highest BCUT2D eigenvalue weighted by Gasteiger charge is 2.32. The van der Waals surface area contributed by atoms with Gasteiger partial charge in [-0.1, -0.05) is 0 Å². The topological polar surface area (TPSA) is 49.4 Å². The zero-order valence-electron chi connectivity index (χ0n) is 10.5. The van der Waals surface area contributed by atoms with Gasteiger partial charge in [0, 0.05) is 30.6 Å². The minimum Gasteiger partial charge on any atom is -0.316 e. The van der Waals surface area contributed by atoms with Gasteiger partial charge in [0.2, 0.25) is 0 Å². The first kappa shape index (κ1) is 14.3. The summed E-state index contributed by atoms with van der Waals surface area (Å²) in [5.41, 5.74) is 1.03. The monoisotopic (exact) mass is 306 g/mol. The van der Waals surface area contributed by atoms with Crippen molar-refractivity contribution in [1.29, 1.82) is 0 Å². The first-order chi connectivity index (χ1) is 8.55. The third-order valence-electron chi connectivity index (χ3n) is 2.88. The summed E-state index contributed by atoms with van der Waals surface area (Å²) in [6.45, 7) is 3.30. The lowest BCUT2D eigenvalue weighted by molar-refractivity contribution is 0.368. The molecule has 0 aliphatic carbocycles. The summed E-state index contributed by atoms with van der Waals surface area (Å²) in [5, 5.41) is 4.94. The molecule has 1 aliphatic rings. The predicted octanol–water partition coefficient (Wildman–Crippen LogP) is 1.59. The molecule has 0 aromatic carbocycles. The van der Waals surface area contributed by atoms with E-state index >= 15 is 0 Å². The van der Waals surface area contributed by atoms with Crippen LogP contribution in [-0.4, -0.2) is 43.9 Å². The zero-order chi connectivity index (χ0) is 13.2.